The van der Waals surface area contributed by atoms with Crippen LogP contribution in [0.4, 0.5) is 5.82 Å². The van der Waals surface area contributed by atoms with Crippen molar-refractivity contribution in [2.45, 2.75) is 13.5 Å². The summed E-state index contributed by atoms with van der Waals surface area (Å²) >= 11 is 0. The van der Waals surface area contributed by atoms with Crippen LogP contribution >= 0.6 is 0 Å². The van der Waals surface area contributed by atoms with Gasteiger partial charge >= 0.3 is 0 Å². The van der Waals surface area contributed by atoms with Crippen LogP contribution in [0.5, 0.6) is 0 Å². The Morgan fingerprint density at radius 2 is 2.41 bits per heavy atom. The first kappa shape index (κ1) is 13.7. The number of rotatable bonds is 8. The van der Waals surface area contributed by atoms with E-state index in [1.807, 2.05) is 17.0 Å². The second kappa shape index (κ2) is 7.81. The van der Waals surface area contributed by atoms with Gasteiger partial charge in [-0.1, -0.05) is 19.1 Å². The third kappa shape index (κ3) is 4.17. The van der Waals surface area contributed by atoms with Crippen molar-refractivity contribution in [3.63, 3.8) is 0 Å². The molecule has 0 unspecified atom stereocenters. The summed E-state index contributed by atoms with van der Waals surface area (Å²) in [5, 5.41) is 12.4. The van der Waals surface area contributed by atoms with E-state index < -0.39 is 0 Å². The van der Waals surface area contributed by atoms with Crippen LogP contribution in [0, 0.1) is 0 Å². The van der Waals surface area contributed by atoms with E-state index in [1.54, 1.807) is 6.20 Å². The Morgan fingerprint density at radius 1 is 1.59 bits per heavy atom. The van der Waals surface area contributed by atoms with Crippen LogP contribution in [0.25, 0.3) is 0 Å². The zero-order valence-electron chi connectivity index (χ0n) is 10.4. The number of anilines is 1. The standard InChI is InChI=1S/C13H21N3O/c1-3-8-16(9-10-17)13-12(11-14-4-2)6-5-7-15-13/h3,5-7,14,17H,1,4,8-11H2,2H3. The second-order valence-corrected chi connectivity index (χ2v) is 3.72. The number of nitrogens with zero attached hydrogens (tertiary/aromatic N) is 2. The number of aliphatic hydroxyl groups excluding tert-OH is 1. The fourth-order valence-electron chi connectivity index (χ4n) is 1.67. The van der Waals surface area contributed by atoms with Gasteiger partial charge in [0.05, 0.1) is 6.61 Å². The van der Waals surface area contributed by atoms with Crippen LogP contribution in [-0.4, -0.2) is 36.3 Å². The molecule has 1 aromatic rings. The molecule has 0 fully saturated rings. The maximum Gasteiger partial charge on any atom is 0.133 e. The smallest absolute Gasteiger partial charge is 0.133 e. The normalized spacial score (nSPS) is 10.2. The van der Waals surface area contributed by atoms with Gasteiger partial charge in [0.2, 0.25) is 0 Å². The Labute approximate surface area is 103 Å². The molecule has 17 heavy (non-hydrogen) atoms. The molecule has 0 aliphatic heterocycles. The molecule has 0 amide bonds. The molecule has 94 valence electrons. The van der Waals surface area contributed by atoms with Gasteiger partial charge in [0.25, 0.3) is 0 Å². The van der Waals surface area contributed by atoms with Crippen molar-refractivity contribution < 1.29 is 5.11 Å². The van der Waals surface area contributed by atoms with Crippen LogP contribution in [0.15, 0.2) is 31.0 Å². The van der Waals surface area contributed by atoms with Crippen LogP contribution in [0.2, 0.25) is 0 Å². The fourth-order valence-corrected chi connectivity index (χ4v) is 1.67. The molecule has 4 heteroatoms. The van der Waals surface area contributed by atoms with Gasteiger partial charge in [-0.05, 0) is 12.6 Å². The van der Waals surface area contributed by atoms with E-state index >= 15 is 0 Å². The lowest BCUT2D eigenvalue weighted by atomic mass is 10.2. The van der Waals surface area contributed by atoms with E-state index in [1.165, 1.54) is 0 Å². The van der Waals surface area contributed by atoms with E-state index in [9.17, 15) is 0 Å². The molecule has 0 saturated heterocycles. The van der Waals surface area contributed by atoms with E-state index in [0.29, 0.717) is 13.1 Å². The summed E-state index contributed by atoms with van der Waals surface area (Å²) in [5.74, 6) is 0.919. The molecule has 2 N–H and O–H groups in total. The molecule has 0 saturated carbocycles. The first-order valence-electron chi connectivity index (χ1n) is 5.94. The van der Waals surface area contributed by atoms with Gasteiger partial charge in [-0.2, -0.15) is 0 Å². The van der Waals surface area contributed by atoms with Gasteiger partial charge in [0.15, 0.2) is 0 Å². The molecule has 0 aliphatic carbocycles. The first-order valence-corrected chi connectivity index (χ1v) is 5.94. The average molecular weight is 235 g/mol. The summed E-state index contributed by atoms with van der Waals surface area (Å²) in [6, 6.07) is 3.99. The maximum atomic E-state index is 9.07. The number of aromatic nitrogens is 1. The minimum Gasteiger partial charge on any atom is -0.395 e. The molecular formula is C13H21N3O. The topological polar surface area (TPSA) is 48.4 Å². The number of aliphatic hydroxyl groups is 1. The van der Waals surface area contributed by atoms with Crippen LogP contribution in [0.3, 0.4) is 0 Å². The molecule has 0 aliphatic rings. The van der Waals surface area contributed by atoms with Crippen molar-refractivity contribution >= 4 is 5.82 Å². The molecule has 1 heterocycles. The SMILES string of the molecule is C=CCN(CCO)c1ncccc1CNCC. The highest BCUT2D eigenvalue weighted by atomic mass is 16.3. The van der Waals surface area contributed by atoms with E-state index in [-0.39, 0.29) is 6.61 Å². The predicted octanol–water partition coefficient (Wildman–Crippen LogP) is 1.18. The predicted molar refractivity (Wildman–Crippen MR) is 71.1 cm³/mol. The Kier molecular flexibility index (Phi) is 6.29. The van der Waals surface area contributed by atoms with Crippen molar-refractivity contribution in [2.24, 2.45) is 0 Å². The lowest BCUT2D eigenvalue weighted by molar-refractivity contribution is 0.302. The zero-order valence-corrected chi connectivity index (χ0v) is 10.4. The summed E-state index contributed by atoms with van der Waals surface area (Å²) in [6.45, 7) is 8.90. The molecule has 1 aromatic heterocycles. The van der Waals surface area contributed by atoms with Crippen LogP contribution < -0.4 is 10.2 Å². The van der Waals surface area contributed by atoms with Crippen molar-refractivity contribution in [1.29, 1.82) is 0 Å². The highest BCUT2D eigenvalue weighted by molar-refractivity contribution is 5.47. The van der Waals surface area contributed by atoms with Gasteiger partial charge in [0.1, 0.15) is 5.82 Å². The third-order valence-electron chi connectivity index (χ3n) is 2.45. The van der Waals surface area contributed by atoms with E-state index in [0.717, 1.165) is 24.5 Å². The lowest BCUT2D eigenvalue weighted by Gasteiger charge is -2.23. The molecule has 0 bridgehead atoms. The molecule has 0 atom stereocenters. The zero-order chi connectivity index (χ0) is 12.5. The fraction of sp³-hybridized carbons (Fsp3) is 0.462. The maximum absolute atomic E-state index is 9.07. The van der Waals surface area contributed by atoms with Crippen LogP contribution in [-0.2, 0) is 6.54 Å². The average Bonchev–Trinajstić information content (AvgIpc) is 2.36. The molecule has 0 aromatic carbocycles. The molecule has 0 radical (unpaired) electrons. The quantitative estimate of drug-likeness (QED) is 0.664. The Bertz CT molecular complexity index is 341. The monoisotopic (exact) mass is 235 g/mol. The third-order valence-corrected chi connectivity index (χ3v) is 2.45. The summed E-state index contributed by atoms with van der Waals surface area (Å²) < 4.78 is 0. The number of nitrogens with one attached hydrogen (secondary N) is 1. The summed E-state index contributed by atoms with van der Waals surface area (Å²) in [5.41, 5.74) is 1.14. The minimum absolute atomic E-state index is 0.116. The van der Waals surface area contributed by atoms with Crippen molar-refractivity contribution in [3.8, 4) is 0 Å². The van der Waals surface area contributed by atoms with Gasteiger partial charge in [0, 0.05) is 31.4 Å². The first-order chi connectivity index (χ1) is 8.33. The Balaban J connectivity index is 2.87. The lowest BCUT2D eigenvalue weighted by Crippen LogP contribution is -2.29. The van der Waals surface area contributed by atoms with E-state index in [4.69, 9.17) is 5.11 Å². The highest BCUT2D eigenvalue weighted by Gasteiger charge is 2.10. The molecule has 1 rings (SSSR count). The molecular weight excluding hydrogens is 214 g/mol. The van der Waals surface area contributed by atoms with E-state index in [2.05, 4.69) is 29.9 Å². The van der Waals surface area contributed by atoms with Gasteiger partial charge in [-0.25, -0.2) is 4.98 Å². The van der Waals surface area contributed by atoms with Gasteiger partial charge < -0.3 is 15.3 Å². The molecule has 4 nitrogen and oxygen atoms in total. The molecule has 0 spiro atoms. The summed E-state index contributed by atoms with van der Waals surface area (Å²) in [7, 11) is 0. The Hall–Kier alpha value is -1.39. The number of hydrogen-bond acceptors (Lipinski definition) is 4. The number of pyridine rings is 1. The summed E-state index contributed by atoms with van der Waals surface area (Å²) in [4.78, 5) is 6.42. The Morgan fingerprint density at radius 3 is 3.06 bits per heavy atom. The van der Waals surface area contributed by atoms with Crippen molar-refractivity contribution in [1.82, 2.24) is 10.3 Å². The van der Waals surface area contributed by atoms with Gasteiger partial charge in [-0.3, -0.25) is 0 Å². The van der Waals surface area contributed by atoms with Crippen molar-refractivity contribution in [2.75, 3.05) is 31.1 Å². The number of hydrogen-bond donors (Lipinski definition) is 2. The summed E-state index contributed by atoms with van der Waals surface area (Å²) in [6.07, 6.45) is 3.60. The van der Waals surface area contributed by atoms with Gasteiger partial charge in [-0.15, -0.1) is 6.58 Å². The second-order valence-electron chi connectivity index (χ2n) is 3.72. The van der Waals surface area contributed by atoms with Crippen molar-refractivity contribution in [3.05, 3.63) is 36.5 Å². The largest absolute Gasteiger partial charge is 0.395 e. The van der Waals surface area contributed by atoms with Crippen LogP contribution in [0.1, 0.15) is 12.5 Å². The highest BCUT2D eigenvalue weighted by Crippen LogP contribution is 2.16. The minimum atomic E-state index is 0.116.